The molecule has 0 amide bonds. The van der Waals surface area contributed by atoms with Crippen LogP contribution in [0.2, 0.25) is 0 Å². The fraction of sp³-hybridized carbons (Fsp3) is 0.364. The van der Waals surface area contributed by atoms with Gasteiger partial charge < -0.3 is 14.2 Å². The lowest BCUT2D eigenvalue weighted by Gasteiger charge is -2.17. The maximum absolute atomic E-state index is 14.6. The molecule has 0 N–H and O–H groups in total. The average molecular weight is 542 g/mol. The first-order valence-corrected chi connectivity index (χ1v) is 10.8. The van der Waals surface area contributed by atoms with E-state index in [9.17, 15) is 13.6 Å². The van der Waals surface area contributed by atoms with Crippen LogP contribution in [0.25, 0.3) is 5.52 Å². The number of Topliss-reactive ketones (excluding diaryl/α,β-unsaturated/α-hetero) is 1. The average Bonchev–Trinajstić information content (AvgIpc) is 3.32. The van der Waals surface area contributed by atoms with Gasteiger partial charge in [-0.2, -0.15) is 0 Å². The minimum atomic E-state index is -0.682. The first-order chi connectivity index (χ1) is 14.7. The summed E-state index contributed by atoms with van der Waals surface area (Å²) in [6.45, 7) is 3.89. The molecule has 0 spiro atoms. The van der Waals surface area contributed by atoms with Crippen LogP contribution < -0.4 is 0 Å². The van der Waals surface area contributed by atoms with Gasteiger partial charge in [0.25, 0.3) is 0 Å². The molecule has 3 aromatic rings. The normalized spacial score (nSPS) is 18.0. The number of rotatable bonds is 7. The molecule has 164 valence electrons. The summed E-state index contributed by atoms with van der Waals surface area (Å²) in [4.78, 5) is 16.9. The van der Waals surface area contributed by atoms with Crippen LogP contribution in [0, 0.1) is 15.2 Å². The van der Waals surface area contributed by atoms with Gasteiger partial charge in [0.15, 0.2) is 11.6 Å². The zero-order valence-electron chi connectivity index (χ0n) is 17.0. The summed E-state index contributed by atoms with van der Waals surface area (Å²) in [6.07, 6.45) is 2.61. The molecule has 0 unspecified atom stereocenters. The van der Waals surface area contributed by atoms with Crippen molar-refractivity contribution in [3.05, 3.63) is 68.8 Å². The third kappa shape index (κ3) is 4.94. The maximum atomic E-state index is 14.6. The Balaban J connectivity index is 1.57. The van der Waals surface area contributed by atoms with Crippen molar-refractivity contribution in [1.82, 2.24) is 9.38 Å². The van der Waals surface area contributed by atoms with Crippen LogP contribution in [-0.4, -0.2) is 46.9 Å². The van der Waals surface area contributed by atoms with Crippen molar-refractivity contribution in [2.75, 3.05) is 19.8 Å². The van der Waals surface area contributed by atoms with E-state index in [2.05, 4.69) is 4.98 Å². The van der Waals surface area contributed by atoms with Gasteiger partial charge in [0.1, 0.15) is 29.9 Å². The lowest BCUT2D eigenvalue weighted by atomic mass is 10.0. The smallest absolute Gasteiger partial charge is 0.190 e. The molecule has 6 nitrogen and oxygen atoms in total. The highest BCUT2D eigenvalue weighted by Crippen LogP contribution is 2.24. The van der Waals surface area contributed by atoms with Gasteiger partial charge in [-0.3, -0.25) is 9.20 Å². The Labute approximate surface area is 191 Å². The highest BCUT2D eigenvalue weighted by molar-refractivity contribution is 14.1. The van der Waals surface area contributed by atoms with Crippen molar-refractivity contribution in [1.29, 1.82) is 0 Å². The van der Waals surface area contributed by atoms with E-state index >= 15 is 0 Å². The number of benzene rings is 1. The Bertz CT molecular complexity index is 1130. The quantitative estimate of drug-likeness (QED) is 0.332. The molecule has 2 aromatic heterocycles. The molecule has 1 fully saturated rings. The molecule has 31 heavy (non-hydrogen) atoms. The molecule has 1 aliphatic heterocycles. The molecule has 0 aliphatic carbocycles. The van der Waals surface area contributed by atoms with Crippen LogP contribution in [0.4, 0.5) is 8.78 Å². The van der Waals surface area contributed by atoms with Gasteiger partial charge in [0, 0.05) is 21.2 Å². The van der Waals surface area contributed by atoms with Crippen molar-refractivity contribution in [2.45, 2.75) is 32.2 Å². The molecular formula is C22H21F2IN2O4. The third-order valence-electron chi connectivity index (χ3n) is 5.03. The third-order valence-corrected chi connectivity index (χ3v) is 5.70. The van der Waals surface area contributed by atoms with E-state index in [1.807, 2.05) is 22.6 Å². The zero-order valence-corrected chi connectivity index (χ0v) is 19.2. The Kier molecular flexibility index (Phi) is 6.38. The number of aromatic nitrogens is 2. The number of fused-ring (bicyclic) bond motifs is 1. The number of hydrogen-bond donors (Lipinski definition) is 0. The van der Waals surface area contributed by atoms with Crippen molar-refractivity contribution < 1.29 is 27.8 Å². The van der Waals surface area contributed by atoms with Crippen LogP contribution in [0.3, 0.4) is 0 Å². The summed E-state index contributed by atoms with van der Waals surface area (Å²) in [5, 5.41) is 0. The fourth-order valence-electron chi connectivity index (χ4n) is 3.57. The summed E-state index contributed by atoms with van der Waals surface area (Å²) in [5.74, 6) is -2.06. The Morgan fingerprint density at radius 3 is 2.84 bits per heavy atom. The molecule has 1 saturated heterocycles. The molecule has 9 heteroatoms. The van der Waals surface area contributed by atoms with E-state index < -0.39 is 17.4 Å². The van der Waals surface area contributed by atoms with Crippen molar-refractivity contribution >= 4 is 33.9 Å². The van der Waals surface area contributed by atoms with Gasteiger partial charge in [0.05, 0.1) is 25.7 Å². The predicted molar refractivity (Wildman–Crippen MR) is 117 cm³/mol. The molecular weight excluding hydrogens is 521 g/mol. The van der Waals surface area contributed by atoms with Crippen LogP contribution in [0.15, 0.2) is 36.8 Å². The van der Waals surface area contributed by atoms with Crippen molar-refractivity contribution in [3.8, 4) is 0 Å². The minimum Gasteiger partial charge on any atom is -0.371 e. The first-order valence-electron chi connectivity index (χ1n) is 9.73. The number of carbonyl (C=O) groups excluding carboxylic acids is 1. The number of ketones is 1. The van der Waals surface area contributed by atoms with Crippen molar-refractivity contribution in [2.24, 2.45) is 0 Å². The second-order valence-corrected chi connectivity index (χ2v) is 9.05. The molecule has 1 aromatic carbocycles. The van der Waals surface area contributed by atoms with E-state index in [4.69, 9.17) is 14.2 Å². The molecule has 1 atom stereocenters. The second-order valence-electron chi connectivity index (χ2n) is 7.80. The summed E-state index contributed by atoms with van der Waals surface area (Å²) in [6, 6.07) is 6.03. The summed E-state index contributed by atoms with van der Waals surface area (Å²) in [5.41, 5.74) is 1.20. The van der Waals surface area contributed by atoms with Crippen LogP contribution >= 0.6 is 22.6 Å². The minimum absolute atomic E-state index is 0.102. The van der Waals surface area contributed by atoms with Gasteiger partial charge in [0.2, 0.25) is 0 Å². The number of halogens is 3. The van der Waals surface area contributed by atoms with Gasteiger partial charge in [-0.1, -0.05) is 6.07 Å². The molecule has 0 bridgehead atoms. The fourth-order valence-corrected chi connectivity index (χ4v) is 4.03. The molecule has 0 saturated carbocycles. The molecule has 3 heterocycles. The number of hydrogen-bond acceptors (Lipinski definition) is 5. The lowest BCUT2D eigenvalue weighted by molar-refractivity contribution is -0.144. The van der Waals surface area contributed by atoms with Crippen LogP contribution in [-0.2, 0) is 20.6 Å². The van der Waals surface area contributed by atoms with Gasteiger partial charge in [-0.25, -0.2) is 13.8 Å². The van der Waals surface area contributed by atoms with E-state index in [1.165, 1.54) is 29.1 Å². The first kappa shape index (κ1) is 22.3. The number of nitrogens with zero attached hydrogens (tertiary/aromatic N) is 2. The van der Waals surface area contributed by atoms with Gasteiger partial charge >= 0.3 is 0 Å². The number of ether oxygens (including phenoxy) is 3. The SMILES string of the molecule is CC1(C)OC[C@H](COCC(=O)c2cc(F)c3cncn3c2Cc2ccc(I)cc2F)O1. The largest absolute Gasteiger partial charge is 0.371 e. The summed E-state index contributed by atoms with van der Waals surface area (Å²) < 4.78 is 48.0. The number of pyridine rings is 1. The zero-order chi connectivity index (χ0) is 22.2. The highest BCUT2D eigenvalue weighted by Gasteiger charge is 2.32. The standard InChI is InChI=1S/C22H21F2IN2O4/c1-22(2)30-10-15(31-22)9-29-11-21(28)16-7-18(24)20-8-26-12-27(20)19(16)5-13-3-4-14(25)6-17(13)23/h3-4,6-8,12,15H,5,9-11H2,1-2H3/t15-/m0/s1. The van der Waals surface area contributed by atoms with Crippen molar-refractivity contribution in [3.63, 3.8) is 0 Å². The van der Waals surface area contributed by atoms with Gasteiger partial charge in [-0.05, 0) is 60.2 Å². The van der Waals surface area contributed by atoms with E-state index in [1.54, 1.807) is 26.0 Å². The maximum Gasteiger partial charge on any atom is 0.190 e. The van der Waals surface area contributed by atoms with Gasteiger partial charge in [-0.15, -0.1) is 0 Å². The number of carbonyl (C=O) groups is 1. The van der Waals surface area contributed by atoms with Crippen LogP contribution in [0.5, 0.6) is 0 Å². The Hall–Kier alpha value is -1.95. The second kappa shape index (κ2) is 8.89. The Morgan fingerprint density at radius 1 is 1.32 bits per heavy atom. The predicted octanol–water partition coefficient (Wildman–Crippen LogP) is 4.16. The van der Waals surface area contributed by atoms with E-state index in [0.29, 0.717) is 17.9 Å². The lowest BCUT2D eigenvalue weighted by Crippen LogP contribution is -2.25. The van der Waals surface area contributed by atoms with E-state index in [-0.39, 0.29) is 42.6 Å². The van der Waals surface area contributed by atoms with E-state index in [0.717, 1.165) is 3.57 Å². The summed E-state index contributed by atoms with van der Waals surface area (Å²) >= 11 is 2.03. The molecule has 4 rings (SSSR count). The highest BCUT2D eigenvalue weighted by atomic mass is 127. The Morgan fingerprint density at radius 2 is 2.13 bits per heavy atom. The topological polar surface area (TPSA) is 62.1 Å². The number of imidazole rings is 1. The summed E-state index contributed by atoms with van der Waals surface area (Å²) in [7, 11) is 0. The van der Waals surface area contributed by atoms with Crippen LogP contribution in [0.1, 0.15) is 35.5 Å². The molecule has 0 radical (unpaired) electrons. The monoisotopic (exact) mass is 542 g/mol. The molecule has 1 aliphatic rings.